The van der Waals surface area contributed by atoms with E-state index in [2.05, 4.69) is 12.7 Å². The van der Waals surface area contributed by atoms with Crippen molar-refractivity contribution < 1.29 is 44.8 Å². The van der Waals surface area contributed by atoms with E-state index in [9.17, 15) is 30.6 Å². The second-order valence-corrected chi connectivity index (χ2v) is 13.3. The van der Waals surface area contributed by atoms with Crippen LogP contribution in [0.15, 0.2) is 35.5 Å². The molecule has 4 aliphatic rings. The van der Waals surface area contributed by atoms with E-state index in [0.29, 0.717) is 6.42 Å². The van der Waals surface area contributed by atoms with Crippen LogP contribution in [-0.2, 0) is 14.2 Å². The van der Waals surface area contributed by atoms with Crippen LogP contribution in [0.3, 0.4) is 0 Å². The van der Waals surface area contributed by atoms with Gasteiger partial charge in [0.05, 0.1) is 24.4 Å². The minimum absolute atomic E-state index is 0.00109. The third-order valence-electron chi connectivity index (χ3n) is 9.97. The van der Waals surface area contributed by atoms with E-state index in [0.717, 1.165) is 29.6 Å². The fourth-order valence-electron chi connectivity index (χ4n) is 7.12. The SMILES string of the molecule is C=CC(C)(C)OC[C@H]1O[C@H](O[C@@H]2C3=C(C(C)C)C[C@H](O)[C@]3(C)/C=C3/[C@H](CO)CC[C@H]3[C@@H](C)[C@H]2O)[C@H](O)[C@@H](O)[C@@H]1O. The largest absolute Gasteiger partial charge is 0.396 e. The summed E-state index contributed by atoms with van der Waals surface area (Å²) < 4.78 is 18.3. The van der Waals surface area contributed by atoms with Crippen molar-refractivity contribution >= 4 is 0 Å². The minimum atomic E-state index is -1.58. The summed E-state index contributed by atoms with van der Waals surface area (Å²) in [5.41, 5.74) is 1.22. The van der Waals surface area contributed by atoms with Crippen LogP contribution in [0.4, 0.5) is 0 Å². The Morgan fingerprint density at radius 1 is 1.10 bits per heavy atom. The van der Waals surface area contributed by atoms with E-state index in [4.69, 9.17) is 14.2 Å². The van der Waals surface area contributed by atoms with Gasteiger partial charge in [-0.05, 0) is 63.4 Å². The second-order valence-electron chi connectivity index (χ2n) is 13.3. The number of hydrogen-bond donors (Lipinski definition) is 6. The van der Waals surface area contributed by atoms with Crippen LogP contribution in [-0.4, -0.2) is 98.5 Å². The molecule has 1 heterocycles. The molecule has 6 N–H and O–H groups in total. The summed E-state index contributed by atoms with van der Waals surface area (Å²) in [6, 6.07) is 0. The Balaban J connectivity index is 1.74. The molecule has 0 aromatic rings. The molecule has 0 spiro atoms. The highest BCUT2D eigenvalue weighted by molar-refractivity contribution is 5.43. The average molecular weight is 567 g/mol. The van der Waals surface area contributed by atoms with Crippen molar-refractivity contribution in [3.8, 4) is 0 Å². The molecule has 0 bridgehead atoms. The Kier molecular flexibility index (Phi) is 9.42. The summed E-state index contributed by atoms with van der Waals surface area (Å²) >= 11 is 0. The smallest absolute Gasteiger partial charge is 0.187 e. The molecule has 9 heteroatoms. The molecule has 0 aromatic carbocycles. The molecule has 0 amide bonds. The standard InChI is InChI=1S/C31H50O9/c1-8-30(5,6)38-14-21-25(35)26(36)27(37)29(39-21)40-28-23-19(15(2)3)11-22(33)31(23,7)12-20-17(13-32)9-10-18(20)16(4)24(28)34/h8,12,15-18,21-22,24-29,32-37H,1,9-11,13-14H2,2-7H3/b20-12-/t16-,17+,18+,21-,22+,24-,25-,26+,27-,28-,29-,31+/m1/s1. The van der Waals surface area contributed by atoms with Crippen molar-refractivity contribution in [2.45, 2.75) is 115 Å². The molecular formula is C31H50O9. The Labute approximate surface area is 238 Å². The summed E-state index contributed by atoms with van der Waals surface area (Å²) in [5.74, 6) is -0.220. The lowest BCUT2D eigenvalue weighted by molar-refractivity contribution is -0.319. The summed E-state index contributed by atoms with van der Waals surface area (Å²) in [7, 11) is 0. The van der Waals surface area contributed by atoms with Crippen LogP contribution < -0.4 is 0 Å². The zero-order valence-electron chi connectivity index (χ0n) is 24.7. The Morgan fingerprint density at radius 2 is 1.77 bits per heavy atom. The maximum atomic E-state index is 11.9. The van der Waals surface area contributed by atoms with Crippen LogP contribution in [0.25, 0.3) is 0 Å². The van der Waals surface area contributed by atoms with Crippen molar-refractivity contribution in [1.29, 1.82) is 0 Å². The molecule has 4 rings (SSSR count). The van der Waals surface area contributed by atoms with Crippen LogP contribution in [0.5, 0.6) is 0 Å². The van der Waals surface area contributed by atoms with Crippen molar-refractivity contribution in [3.05, 3.63) is 35.5 Å². The molecule has 0 radical (unpaired) electrons. The van der Waals surface area contributed by atoms with Crippen LogP contribution in [0.2, 0.25) is 0 Å². The zero-order valence-corrected chi connectivity index (χ0v) is 24.7. The highest BCUT2D eigenvalue weighted by Crippen LogP contribution is 2.55. The van der Waals surface area contributed by atoms with Gasteiger partial charge in [-0.3, -0.25) is 0 Å². The lowest BCUT2D eigenvalue weighted by atomic mass is 9.68. The van der Waals surface area contributed by atoms with Crippen LogP contribution in [0, 0.1) is 29.1 Å². The maximum Gasteiger partial charge on any atom is 0.187 e. The molecule has 0 aromatic heterocycles. The Morgan fingerprint density at radius 3 is 2.38 bits per heavy atom. The molecule has 228 valence electrons. The van der Waals surface area contributed by atoms with Gasteiger partial charge in [-0.25, -0.2) is 0 Å². The number of aliphatic hydroxyl groups excluding tert-OH is 6. The molecule has 12 atom stereocenters. The van der Waals surface area contributed by atoms with E-state index >= 15 is 0 Å². The molecule has 3 aliphatic carbocycles. The molecule has 1 saturated heterocycles. The van der Waals surface area contributed by atoms with Gasteiger partial charge in [0.2, 0.25) is 0 Å². The van der Waals surface area contributed by atoms with Gasteiger partial charge in [-0.1, -0.05) is 44.1 Å². The molecule has 9 nitrogen and oxygen atoms in total. The van der Waals surface area contributed by atoms with Crippen LogP contribution in [0.1, 0.15) is 60.8 Å². The van der Waals surface area contributed by atoms with Crippen molar-refractivity contribution in [2.24, 2.45) is 29.1 Å². The quantitative estimate of drug-likeness (QED) is 0.242. The van der Waals surface area contributed by atoms with Gasteiger partial charge < -0.3 is 44.8 Å². The fourth-order valence-corrected chi connectivity index (χ4v) is 7.12. The van der Waals surface area contributed by atoms with Crippen molar-refractivity contribution in [2.75, 3.05) is 13.2 Å². The zero-order chi connectivity index (χ0) is 29.7. The first-order valence-corrected chi connectivity index (χ1v) is 14.7. The van der Waals surface area contributed by atoms with E-state index in [-0.39, 0.29) is 36.9 Å². The summed E-state index contributed by atoms with van der Waals surface area (Å²) in [5, 5.41) is 65.8. The lowest BCUT2D eigenvalue weighted by Crippen LogP contribution is -2.61. The predicted octanol–water partition coefficient (Wildman–Crippen LogP) is 1.84. The normalized spacial score (nSPS) is 45.5. The highest BCUT2D eigenvalue weighted by Gasteiger charge is 2.55. The first-order chi connectivity index (χ1) is 18.7. The number of rotatable bonds is 8. The van der Waals surface area contributed by atoms with Gasteiger partial charge in [0.1, 0.15) is 30.5 Å². The first kappa shape index (κ1) is 31.8. The van der Waals surface area contributed by atoms with Gasteiger partial charge in [-0.2, -0.15) is 0 Å². The van der Waals surface area contributed by atoms with Gasteiger partial charge in [0.15, 0.2) is 6.29 Å². The van der Waals surface area contributed by atoms with Gasteiger partial charge >= 0.3 is 0 Å². The third kappa shape index (κ3) is 5.62. The molecular weight excluding hydrogens is 516 g/mol. The first-order valence-electron chi connectivity index (χ1n) is 14.7. The van der Waals surface area contributed by atoms with Gasteiger partial charge in [0.25, 0.3) is 0 Å². The fraction of sp³-hybridized carbons (Fsp3) is 0.806. The number of aliphatic hydroxyl groups is 6. The van der Waals surface area contributed by atoms with E-state index in [1.165, 1.54) is 0 Å². The molecule has 0 unspecified atom stereocenters. The van der Waals surface area contributed by atoms with Gasteiger partial charge in [0, 0.05) is 17.9 Å². The second kappa shape index (κ2) is 11.9. The van der Waals surface area contributed by atoms with E-state index < -0.39 is 60.0 Å². The summed E-state index contributed by atoms with van der Waals surface area (Å²) in [4.78, 5) is 0. The monoisotopic (exact) mass is 566 g/mol. The van der Waals surface area contributed by atoms with Crippen molar-refractivity contribution in [1.82, 2.24) is 0 Å². The summed E-state index contributed by atoms with van der Waals surface area (Å²) in [6.07, 6.45) is -3.93. The molecule has 40 heavy (non-hydrogen) atoms. The van der Waals surface area contributed by atoms with Crippen LogP contribution >= 0.6 is 0 Å². The molecule has 2 fully saturated rings. The van der Waals surface area contributed by atoms with E-state index in [1.807, 2.05) is 27.7 Å². The Bertz CT molecular complexity index is 989. The number of fused-ring (bicyclic) bond motifs is 2. The minimum Gasteiger partial charge on any atom is -0.396 e. The van der Waals surface area contributed by atoms with E-state index in [1.54, 1.807) is 19.9 Å². The lowest BCUT2D eigenvalue weighted by Gasteiger charge is -2.46. The third-order valence-corrected chi connectivity index (χ3v) is 9.97. The molecule has 1 aliphatic heterocycles. The predicted molar refractivity (Wildman–Crippen MR) is 149 cm³/mol. The highest BCUT2D eigenvalue weighted by atomic mass is 16.7. The maximum absolute atomic E-state index is 11.9. The summed E-state index contributed by atoms with van der Waals surface area (Å²) in [6.45, 7) is 15.3. The molecule has 1 saturated carbocycles. The van der Waals surface area contributed by atoms with Crippen molar-refractivity contribution in [3.63, 3.8) is 0 Å². The van der Waals surface area contributed by atoms with Gasteiger partial charge in [-0.15, -0.1) is 6.58 Å². The topological polar surface area (TPSA) is 149 Å². The number of hydrogen-bond acceptors (Lipinski definition) is 9. The Hall–Kier alpha value is -1.14. The number of ether oxygens (including phenoxy) is 3. The average Bonchev–Trinajstić information content (AvgIpc) is 3.42.